The number of carbonyl (C=O) groups is 1. The van der Waals surface area contributed by atoms with Crippen LogP contribution in [0.3, 0.4) is 0 Å². The van der Waals surface area contributed by atoms with Gasteiger partial charge in [0.2, 0.25) is 10.0 Å². The Balaban J connectivity index is 2.06. The highest BCUT2D eigenvalue weighted by molar-refractivity contribution is 7.89. The number of amides is 1. The monoisotopic (exact) mass is 370 g/mol. The third-order valence-electron chi connectivity index (χ3n) is 3.34. The van der Waals surface area contributed by atoms with Crippen LogP contribution < -0.4 is 10.0 Å². The second-order valence-corrected chi connectivity index (χ2v) is 7.25. The summed E-state index contributed by atoms with van der Waals surface area (Å²) in [7, 11) is -2.50. The Morgan fingerprint density at radius 3 is 2.62 bits per heavy atom. The molecule has 1 amide bonds. The van der Waals surface area contributed by atoms with Crippen LogP contribution in [0.5, 0.6) is 0 Å². The topological polar surface area (TPSA) is 75.3 Å². The number of nitrogens with one attached hydrogen (secondary N) is 2. The highest BCUT2D eigenvalue weighted by Gasteiger charge is 2.18. The van der Waals surface area contributed by atoms with Crippen molar-refractivity contribution in [3.63, 3.8) is 0 Å². The van der Waals surface area contributed by atoms with Gasteiger partial charge in [-0.05, 0) is 49.4 Å². The average Bonchev–Trinajstić information content (AvgIpc) is 2.55. The van der Waals surface area contributed by atoms with Crippen molar-refractivity contribution in [2.75, 3.05) is 13.6 Å². The van der Waals surface area contributed by atoms with Crippen LogP contribution in [-0.4, -0.2) is 27.9 Å². The van der Waals surface area contributed by atoms with Crippen LogP contribution in [0.1, 0.15) is 15.9 Å². The van der Waals surface area contributed by atoms with Crippen LogP contribution in [0, 0.1) is 5.82 Å². The molecule has 0 aromatic heterocycles. The molecular formula is C16H16ClFN2O3S. The van der Waals surface area contributed by atoms with E-state index in [2.05, 4.69) is 10.0 Å². The molecule has 2 rings (SSSR count). The largest absolute Gasteiger partial charge is 0.352 e. The predicted molar refractivity (Wildman–Crippen MR) is 90.1 cm³/mol. The Labute approximate surface area is 144 Å². The van der Waals surface area contributed by atoms with E-state index in [9.17, 15) is 17.6 Å². The van der Waals surface area contributed by atoms with Crippen LogP contribution in [0.15, 0.2) is 47.4 Å². The van der Waals surface area contributed by atoms with Crippen LogP contribution >= 0.6 is 11.6 Å². The standard InChI is InChI=1S/C16H16ClFN2O3S/c1-19-24(22,23)15-10-12(5-6-14(15)17)16(21)20-8-7-11-3-2-4-13(18)9-11/h2-6,9-10,19H,7-8H2,1H3,(H,20,21). The fourth-order valence-corrected chi connectivity index (χ4v) is 3.32. The summed E-state index contributed by atoms with van der Waals surface area (Å²) in [5.41, 5.74) is 0.928. The van der Waals surface area contributed by atoms with Crippen LogP contribution in [0.4, 0.5) is 4.39 Å². The molecule has 0 heterocycles. The van der Waals surface area contributed by atoms with Gasteiger partial charge in [-0.1, -0.05) is 23.7 Å². The van der Waals surface area contributed by atoms with Gasteiger partial charge in [-0.3, -0.25) is 4.79 Å². The molecule has 8 heteroatoms. The van der Waals surface area contributed by atoms with Crippen molar-refractivity contribution >= 4 is 27.5 Å². The minimum Gasteiger partial charge on any atom is -0.352 e. The summed E-state index contributed by atoms with van der Waals surface area (Å²) in [6.45, 7) is 0.291. The number of hydrogen-bond acceptors (Lipinski definition) is 3. The highest BCUT2D eigenvalue weighted by Crippen LogP contribution is 2.22. The number of carbonyl (C=O) groups excluding carboxylic acids is 1. The van der Waals surface area contributed by atoms with E-state index in [-0.39, 0.29) is 21.3 Å². The van der Waals surface area contributed by atoms with Gasteiger partial charge in [-0.2, -0.15) is 0 Å². The van der Waals surface area contributed by atoms with Gasteiger partial charge in [0, 0.05) is 12.1 Å². The van der Waals surface area contributed by atoms with Gasteiger partial charge in [-0.15, -0.1) is 0 Å². The summed E-state index contributed by atoms with van der Waals surface area (Å²) in [5.74, 6) is -0.769. The summed E-state index contributed by atoms with van der Waals surface area (Å²) >= 11 is 5.88. The first kappa shape index (κ1) is 18.4. The van der Waals surface area contributed by atoms with Gasteiger partial charge in [-0.25, -0.2) is 17.5 Å². The maximum atomic E-state index is 13.1. The van der Waals surface area contributed by atoms with Crippen molar-refractivity contribution in [3.05, 3.63) is 64.4 Å². The van der Waals surface area contributed by atoms with E-state index >= 15 is 0 Å². The van der Waals surface area contributed by atoms with Crippen molar-refractivity contribution in [2.45, 2.75) is 11.3 Å². The first-order chi connectivity index (χ1) is 11.3. The molecule has 0 aliphatic rings. The van der Waals surface area contributed by atoms with E-state index in [4.69, 9.17) is 11.6 Å². The smallest absolute Gasteiger partial charge is 0.251 e. The van der Waals surface area contributed by atoms with Crippen molar-refractivity contribution in [3.8, 4) is 0 Å². The molecule has 0 saturated carbocycles. The van der Waals surface area contributed by atoms with E-state index < -0.39 is 15.9 Å². The molecule has 0 bridgehead atoms. The Morgan fingerprint density at radius 2 is 1.96 bits per heavy atom. The van der Waals surface area contributed by atoms with E-state index in [1.54, 1.807) is 12.1 Å². The Hall–Kier alpha value is -1.96. The zero-order valence-electron chi connectivity index (χ0n) is 12.8. The zero-order valence-corrected chi connectivity index (χ0v) is 14.4. The van der Waals surface area contributed by atoms with Crippen molar-refractivity contribution < 1.29 is 17.6 Å². The lowest BCUT2D eigenvalue weighted by Gasteiger charge is -2.09. The Bertz CT molecular complexity index is 856. The minimum atomic E-state index is -3.76. The number of halogens is 2. The van der Waals surface area contributed by atoms with Crippen molar-refractivity contribution in [2.24, 2.45) is 0 Å². The summed E-state index contributed by atoms with van der Waals surface area (Å²) < 4.78 is 39.0. The lowest BCUT2D eigenvalue weighted by Crippen LogP contribution is -2.26. The number of benzene rings is 2. The van der Waals surface area contributed by atoms with Gasteiger partial charge in [0.05, 0.1) is 5.02 Å². The lowest BCUT2D eigenvalue weighted by molar-refractivity contribution is 0.0954. The fourth-order valence-electron chi connectivity index (χ4n) is 2.08. The predicted octanol–water partition coefficient (Wildman–Crippen LogP) is 2.36. The molecule has 5 nitrogen and oxygen atoms in total. The molecule has 24 heavy (non-hydrogen) atoms. The molecule has 0 spiro atoms. The van der Waals surface area contributed by atoms with E-state index in [0.29, 0.717) is 13.0 Å². The van der Waals surface area contributed by atoms with Gasteiger partial charge in [0.1, 0.15) is 10.7 Å². The lowest BCUT2D eigenvalue weighted by atomic mass is 10.1. The van der Waals surface area contributed by atoms with Crippen molar-refractivity contribution in [1.29, 1.82) is 0 Å². The molecule has 0 radical (unpaired) electrons. The highest BCUT2D eigenvalue weighted by atomic mass is 35.5. The fraction of sp³-hybridized carbons (Fsp3) is 0.188. The van der Waals surface area contributed by atoms with Crippen molar-refractivity contribution in [1.82, 2.24) is 10.0 Å². The zero-order chi connectivity index (χ0) is 17.7. The molecule has 2 aromatic carbocycles. The normalized spacial score (nSPS) is 11.3. The van der Waals surface area contributed by atoms with E-state index in [1.165, 1.54) is 37.4 Å². The molecule has 0 aliphatic heterocycles. The van der Waals surface area contributed by atoms with Gasteiger partial charge < -0.3 is 5.32 Å². The Kier molecular flexibility index (Phi) is 5.93. The molecule has 2 aromatic rings. The molecule has 128 valence electrons. The number of sulfonamides is 1. The summed E-state index contributed by atoms with van der Waals surface area (Å²) in [6.07, 6.45) is 0.457. The molecule has 0 aliphatic carbocycles. The van der Waals surface area contributed by atoms with Crippen LogP contribution in [-0.2, 0) is 16.4 Å². The third kappa shape index (κ3) is 4.53. The van der Waals surface area contributed by atoms with Crippen LogP contribution in [0.2, 0.25) is 5.02 Å². The SMILES string of the molecule is CNS(=O)(=O)c1cc(C(=O)NCCc2cccc(F)c2)ccc1Cl. The summed E-state index contributed by atoms with van der Waals surface area (Å²) in [4.78, 5) is 12.0. The van der Waals surface area contributed by atoms with Gasteiger partial charge in [0.25, 0.3) is 5.91 Å². The summed E-state index contributed by atoms with van der Waals surface area (Å²) in [6, 6.07) is 10.1. The van der Waals surface area contributed by atoms with Crippen LogP contribution in [0.25, 0.3) is 0 Å². The van der Waals surface area contributed by atoms with Gasteiger partial charge in [0.15, 0.2) is 0 Å². The molecule has 0 fully saturated rings. The number of rotatable bonds is 6. The minimum absolute atomic E-state index is 0.0284. The molecule has 2 N–H and O–H groups in total. The second kappa shape index (κ2) is 7.74. The first-order valence-corrected chi connectivity index (χ1v) is 8.95. The molecular weight excluding hydrogens is 355 g/mol. The third-order valence-corrected chi connectivity index (χ3v) is 5.24. The second-order valence-electron chi connectivity index (χ2n) is 4.99. The first-order valence-electron chi connectivity index (χ1n) is 7.09. The average molecular weight is 371 g/mol. The Morgan fingerprint density at radius 1 is 1.21 bits per heavy atom. The molecule has 0 unspecified atom stereocenters. The number of hydrogen-bond donors (Lipinski definition) is 2. The molecule has 0 saturated heterocycles. The maximum absolute atomic E-state index is 13.1. The maximum Gasteiger partial charge on any atom is 0.251 e. The summed E-state index contributed by atoms with van der Waals surface area (Å²) in [5, 5.41) is 2.69. The van der Waals surface area contributed by atoms with E-state index in [1.807, 2.05) is 0 Å². The van der Waals surface area contributed by atoms with E-state index in [0.717, 1.165) is 5.56 Å². The molecule has 0 atom stereocenters. The quantitative estimate of drug-likeness (QED) is 0.819. The van der Waals surface area contributed by atoms with Gasteiger partial charge >= 0.3 is 0 Å².